The van der Waals surface area contributed by atoms with Gasteiger partial charge in [-0.3, -0.25) is 0 Å². The molecule has 0 radical (unpaired) electrons. The third-order valence-electron chi connectivity index (χ3n) is 0.894. The molecule has 0 rings (SSSR count). The Balaban J connectivity index is 0. The molecule has 0 aliphatic heterocycles. The molecule has 0 heterocycles. The molecule has 0 spiro atoms. The minimum absolute atomic E-state index is 1.09. The van der Waals surface area contributed by atoms with Crippen LogP contribution in [-0.4, -0.2) is 32.2 Å². The van der Waals surface area contributed by atoms with E-state index < -0.39 is 0 Å². The standard InChI is InChI=1S/C6H16N.BrO/c1-5-6-7(2,3)4;1-2/h5-6H2,1-4H3;/q+1;-1. The van der Waals surface area contributed by atoms with Crippen LogP contribution in [0, 0.1) is 0 Å². The van der Waals surface area contributed by atoms with Crippen molar-refractivity contribution in [1.29, 1.82) is 0 Å². The summed E-state index contributed by atoms with van der Waals surface area (Å²) in [5, 5.41) is 0. The van der Waals surface area contributed by atoms with Crippen molar-refractivity contribution < 1.29 is 8.68 Å². The molecule has 0 bridgehead atoms. The van der Waals surface area contributed by atoms with Crippen molar-refractivity contribution >= 4 is 16.3 Å². The number of rotatable bonds is 2. The van der Waals surface area contributed by atoms with Gasteiger partial charge in [0.25, 0.3) is 0 Å². The summed E-state index contributed by atoms with van der Waals surface area (Å²) < 4.78 is 9.16. The van der Waals surface area contributed by atoms with Gasteiger partial charge in [-0.15, -0.1) is 0 Å². The van der Waals surface area contributed by atoms with Crippen LogP contribution < -0.4 is 4.20 Å². The zero-order chi connectivity index (χ0) is 7.91. The van der Waals surface area contributed by atoms with Crippen LogP contribution >= 0.6 is 16.3 Å². The average Bonchev–Trinajstić information content (AvgIpc) is 1.69. The summed E-state index contributed by atoms with van der Waals surface area (Å²) in [4.78, 5) is 0. The Bertz CT molecular complexity index is 51.5. The summed E-state index contributed by atoms with van der Waals surface area (Å²) >= 11 is 1.69. The van der Waals surface area contributed by atoms with E-state index in [0.29, 0.717) is 0 Å². The molecule has 0 aromatic rings. The van der Waals surface area contributed by atoms with Gasteiger partial charge in [-0.25, -0.2) is 16.3 Å². The monoisotopic (exact) mass is 197 g/mol. The highest BCUT2D eigenvalue weighted by Crippen LogP contribution is 1.90. The van der Waals surface area contributed by atoms with Gasteiger partial charge in [-0.2, -0.15) is 0 Å². The molecule has 3 heteroatoms. The average molecular weight is 198 g/mol. The highest BCUT2D eigenvalue weighted by Gasteiger charge is 2.01. The highest BCUT2D eigenvalue weighted by molar-refractivity contribution is 9.04. The molecular weight excluding hydrogens is 182 g/mol. The van der Waals surface area contributed by atoms with E-state index in [2.05, 4.69) is 28.1 Å². The molecule has 0 unspecified atom stereocenters. The summed E-state index contributed by atoms with van der Waals surface area (Å²) in [5.41, 5.74) is 0. The lowest BCUT2D eigenvalue weighted by atomic mass is 10.4. The maximum Gasteiger partial charge on any atom is 0.0777 e. The number of hydrogen-bond acceptors (Lipinski definition) is 1. The van der Waals surface area contributed by atoms with Gasteiger partial charge < -0.3 is 8.68 Å². The van der Waals surface area contributed by atoms with Crippen molar-refractivity contribution in [3.63, 3.8) is 0 Å². The first-order valence-corrected chi connectivity index (χ1v) is 3.67. The third-order valence-corrected chi connectivity index (χ3v) is 0.894. The first-order valence-electron chi connectivity index (χ1n) is 3.02. The Morgan fingerprint density at radius 2 is 1.56 bits per heavy atom. The molecule has 0 aliphatic carbocycles. The molecule has 0 amide bonds. The first-order chi connectivity index (χ1) is 4.06. The molecule has 0 aromatic carbocycles. The normalized spacial score (nSPS) is 10.0. The van der Waals surface area contributed by atoms with E-state index in [9.17, 15) is 0 Å². The zero-order valence-electron chi connectivity index (χ0n) is 6.65. The van der Waals surface area contributed by atoms with Gasteiger partial charge in [-0.1, -0.05) is 6.92 Å². The fraction of sp³-hybridized carbons (Fsp3) is 1.00. The largest absolute Gasteiger partial charge is 0.791 e. The van der Waals surface area contributed by atoms with E-state index >= 15 is 0 Å². The Morgan fingerprint density at radius 3 is 1.56 bits per heavy atom. The lowest BCUT2D eigenvalue weighted by Gasteiger charge is -2.22. The first kappa shape index (κ1) is 12.1. The predicted octanol–water partition coefficient (Wildman–Crippen LogP) is 0.759. The SMILES string of the molecule is CCC[N+](C)(C)C.[O-]Br. The van der Waals surface area contributed by atoms with Crippen molar-refractivity contribution in [3.8, 4) is 0 Å². The van der Waals surface area contributed by atoms with E-state index in [1.807, 2.05) is 0 Å². The minimum atomic E-state index is 1.09. The number of quaternary nitrogens is 1. The second kappa shape index (κ2) is 6.52. The van der Waals surface area contributed by atoms with E-state index in [1.54, 1.807) is 16.3 Å². The van der Waals surface area contributed by atoms with Crippen LogP contribution in [0.5, 0.6) is 0 Å². The van der Waals surface area contributed by atoms with Crippen LogP contribution in [0.15, 0.2) is 0 Å². The summed E-state index contributed by atoms with van der Waals surface area (Å²) in [5.74, 6) is 0. The molecule has 58 valence electrons. The van der Waals surface area contributed by atoms with Crippen LogP contribution in [0.4, 0.5) is 0 Å². The Labute approximate surface area is 66.5 Å². The minimum Gasteiger partial charge on any atom is -0.791 e. The summed E-state index contributed by atoms with van der Waals surface area (Å²) in [6.07, 6.45) is 1.28. The molecule has 0 atom stereocenters. The lowest BCUT2D eigenvalue weighted by Crippen LogP contribution is -2.34. The van der Waals surface area contributed by atoms with Crippen molar-refractivity contribution in [1.82, 2.24) is 0 Å². The van der Waals surface area contributed by atoms with Gasteiger partial charge in [0, 0.05) is 0 Å². The topological polar surface area (TPSA) is 23.1 Å². The molecule has 2 nitrogen and oxygen atoms in total. The molecule has 0 aromatic heterocycles. The molecule has 0 saturated carbocycles. The number of nitrogens with zero attached hydrogens (tertiary/aromatic N) is 1. The van der Waals surface area contributed by atoms with E-state index in [-0.39, 0.29) is 0 Å². The van der Waals surface area contributed by atoms with Crippen LogP contribution in [-0.2, 0) is 0 Å². The second-order valence-electron chi connectivity index (χ2n) is 3.01. The van der Waals surface area contributed by atoms with Crippen molar-refractivity contribution in [2.75, 3.05) is 27.7 Å². The fourth-order valence-electron chi connectivity index (χ4n) is 0.671. The summed E-state index contributed by atoms with van der Waals surface area (Å²) in [7, 11) is 6.64. The van der Waals surface area contributed by atoms with E-state index in [4.69, 9.17) is 4.20 Å². The molecule has 0 aliphatic rings. The summed E-state index contributed by atoms with van der Waals surface area (Å²) in [6.45, 7) is 3.49. The molecular formula is C6H16BrNO. The number of hydrogen-bond donors (Lipinski definition) is 0. The number of halogens is 1. The summed E-state index contributed by atoms with van der Waals surface area (Å²) in [6, 6.07) is 0. The highest BCUT2D eigenvalue weighted by atomic mass is 79.9. The van der Waals surface area contributed by atoms with Gasteiger partial charge in [0.2, 0.25) is 0 Å². The smallest absolute Gasteiger partial charge is 0.0777 e. The predicted molar refractivity (Wildman–Crippen MR) is 42.1 cm³/mol. The van der Waals surface area contributed by atoms with Crippen LogP contribution in [0.1, 0.15) is 13.3 Å². The van der Waals surface area contributed by atoms with Crippen LogP contribution in [0.25, 0.3) is 0 Å². The van der Waals surface area contributed by atoms with Crippen molar-refractivity contribution in [2.24, 2.45) is 0 Å². The molecule has 0 saturated heterocycles. The molecule has 9 heavy (non-hydrogen) atoms. The Morgan fingerprint density at radius 1 is 1.22 bits per heavy atom. The van der Waals surface area contributed by atoms with Crippen LogP contribution in [0.2, 0.25) is 0 Å². The quantitative estimate of drug-likeness (QED) is 0.600. The van der Waals surface area contributed by atoms with Gasteiger partial charge in [0.15, 0.2) is 0 Å². The van der Waals surface area contributed by atoms with Crippen molar-refractivity contribution in [2.45, 2.75) is 13.3 Å². The maximum atomic E-state index is 8.06. The Kier molecular flexibility index (Phi) is 8.77. The van der Waals surface area contributed by atoms with Gasteiger partial charge >= 0.3 is 0 Å². The fourth-order valence-corrected chi connectivity index (χ4v) is 0.671. The van der Waals surface area contributed by atoms with Gasteiger partial charge in [-0.05, 0) is 6.42 Å². The van der Waals surface area contributed by atoms with E-state index in [1.165, 1.54) is 13.0 Å². The zero-order valence-corrected chi connectivity index (χ0v) is 8.23. The lowest BCUT2D eigenvalue weighted by molar-refractivity contribution is -0.870. The van der Waals surface area contributed by atoms with Crippen LogP contribution in [0.3, 0.4) is 0 Å². The maximum absolute atomic E-state index is 8.06. The molecule has 0 N–H and O–H groups in total. The van der Waals surface area contributed by atoms with Crippen molar-refractivity contribution in [3.05, 3.63) is 0 Å². The second-order valence-corrected chi connectivity index (χ2v) is 3.01. The Hall–Kier alpha value is 0.400. The van der Waals surface area contributed by atoms with Gasteiger partial charge in [0.05, 0.1) is 27.7 Å². The van der Waals surface area contributed by atoms with Gasteiger partial charge in [0.1, 0.15) is 0 Å². The van der Waals surface area contributed by atoms with E-state index in [0.717, 1.165) is 4.48 Å². The third kappa shape index (κ3) is 17.8. The molecule has 0 fully saturated rings.